The van der Waals surface area contributed by atoms with E-state index in [1.165, 1.54) is 0 Å². The predicted molar refractivity (Wildman–Crippen MR) is 55.7 cm³/mol. The van der Waals surface area contributed by atoms with Crippen LogP contribution in [0.2, 0.25) is 0 Å². The molecule has 0 aromatic heterocycles. The van der Waals surface area contributed by atoms with Crippen molar-refractivity contribution in [2.45, 2.75) is 53.2 Å². The van der Waals surface area contributed by atoms with E-state index < -0.39 is 0 Å². The topological polar surface area (TPSA) is 38.3 Å². The van der Waals surface area contributed by atoms with Crippen LogP contribution in [0.5, 0.6) is 0 Å². The minimum atomic E-state index is -0.375. The van der Waals surface area contributed by atoms with Crippen LogP contribution in [0, 0.1) is 0 Å². The highest BCUT2D eigenvalue weighted by Crippen LogP contribution is 2.10. The number of carbonyl (C=O) groups is 1. The average molecular weight is 189 g/mol. The van der Waals surface area contributed by atoms with Crippen molar-refractivity contribution >= 4 is 5.91 Å². The highest BCUT2D eigenvalue weighted by molar-refractivity contribution is 5.79. The Morgan fingerprint density at radius 1 is 1.31 bits per heavy atom. The number of amides is 1. The number of hydrogen-bond donors (Lipinski definition) is 1. The first kappa shape index (κ1) is 14.9. The molecule has 0 heterocycles. The fourth-order valence-electron chi connectivity index (χ4n) is 0.787. The molecule has 0 aromatic rings. The van der Waals surface area contributed by atoms with Gasteiger partial charge in [-0.05, 0) is 27.7 Å². The van der Waals surface area contributed by atoms with E-state index in [0.717, 1.165) is 0 Å². The number of hydrogen-bond acceptors (Lipinski definition) is 2. The molecule has 3 heteroatoms. The molecule has 1 atom stereocenters. The standard InChI is InChI=1S/C8H17NO2.C2H6/c1-6(7(10)9-5)11-8(2,3)4;1-2/h6H,1-5H3,(H,9,10);1-2H3. The van der Waals surface area contributed by atoms with Gasteiger partial charge < -0.3 is 10.1 Å². The van der Waals surface area contributed by atoms with Gasteiger partial charge in [0.05, 0.1) is 5.60 Å². The lowest BCUT2D eigenvalue weighted by Gasteiger charge is -2.23. The summed E-state index contributed by atoms with van der Waals surface area (Å²) in [6.07, 6.45) is -0.375. The summed E-state index contributed by atoms with van der Waals surface area (Å²) in [5.74, 6) is -0.0834. The summed E-state index contributed by atoms with van der Waals surface area (Å²) in [7, 11) is 1.60. The molecule has 0 saturated heterocycles. The van der Waals surface area contributed by atoms with Gasteiger partial charge in [-0.2, -0.15) is 0 Å². The maximum absolute atomic E-state index is 11.0. The normalized spacial score (nSPS) is 12.5. The van der Waals surface area contributed by atoms with Crippen molar-refractivity contribution in [1.29, 1.82) is 0 Å². The van der Waals surface area contributed by atoms with Crippen LogP contribution in [-0.2, 0) is 9.53 Å². The van der Waals surface area contributed by atoms with Gasteiger partial charge in [-0.25, -0.2) is 0 Å². The van der Waals surface area contributed by atoms with E-state index in [4.69, 9.17) is 4.74 Å². The van der Waals surface area contributed by atoms with Gasteiger partial charge in [-0.1, -0.05) is 13.8 Å². The van der Waals surface area contributed by atoms with Crippen molar-refractivity contribution in [3.05, 3.63) is 0 Å². The summed E-state index contributed by atoms with van der Waals surface area (Å²) >= 11 is 0. The SMILES string of the molecule is CC.CNC(=O)C(C)OC(C)(C)C. The first-order valence-corrected chi connectivity index (χ1v) is 4.76. The number of nitrogens with one attached hydrogen (secondary N) is 1. The molecule has 1 amide bonds. The van der Waals surface area contributed by atoms with Gasteiger partial charge in [0.15, 0.2) is 0 Å². The van der Waals surface area contributed by atoms with Gasteiger partial charge in [-0.3, -0.25) is 4.79 Å². The zero-order valence-electron chi connectivity index (χ0n) is 9.89. The molecule has 0 aromatic carbocycles. The van der Waals surface area contributed by atoms with Crippen LogP contribution in [-0.4, -0.2) is 24.7 Å². The van der Waals surface area contributed by atoms with Crippen LogP contribution in [0.15, 0.2) is 0 Å². The van der Waals surface area contributed by atoms with Crippen LogP contribution in [0.25, 0.3) is 0 Å². The fraction of sp³-hybridized carbons (Fsp3) is 0.900. The Morgan fingerprint density at radius 3 is 1.92 bits per heavy atom. The highest BCUT2D eigenvalue weighted by Gasteiger charge is 2.19. The van der Waals surface area contributed by atoms with Crippen LogP contribution in [0.1, 0.15) is 41.5 Å². The summed E-state index contributed by atoms with van der Waals surface area (Å²) in [5, 5.41) is 2.52. The lowest BCUT2D eigenvalue weighted by molar-refractivity contribution is -0.139. The zero-order chi connectivity index (χ0) is 11.1. The van der Waals surface area contributed by atoms with E-state index in [1.54, 1.807) is 14.0 Å². The maximum Gasteiger partial charge on any atom is 0.248 e. The summed E-state index contributed by atoms with van der Waals surface area (Å²) in [5.41, 5.74) is -0.258. The molecule has 13 heavy (non-hydrogen) atoms. The second-order valence-electron chi connectivity index (χ2n) is 3.49. The predicted octanol–water partition coefficient (Wildman–Crippen LogP) is 1.96. The monoisotopic (exact) mass is 189 g/mol. The smallest absolute Gasteiger partial charge is 0.248 e. The van der Waals surface area contributed by atoms with E-state index in [0.29, 0.717) is 0 Å². The van der Waals surface area contributed by atoms with Gasteiger partial charge in [0.1, 0.15) is 6.10 Å². The number of ether oxygens (including phenoxy) is 1. The van der Waals surface area contributed by atoms with Gasteiger partial charge in [0, 0.05) is 7.05 Å². The third kappa shape index (κ3) is 9.34. The summed E-state index contributed by atoms with van der Waals surface area (Å²) < 4.78 is 5.38. The number of carbonyl (C=O) groups excluding carboxylic acids is 1. The number of rotatable bonds is 2. The Labute approximate surface area is 81.9 Å². The quantitative estimate of drug-likeness (QED) is 0.721. The van der Waals surface area contributed by atoms with Crippen molar-refractivity contribution in [2.24, 2.45) is 0 Å². The molecule has 80 valence electrons. The lowest BCUT2D eigenvalue weighted by Crippen LogP contribution is -2.37. The minimum absolute atomic E-state index is 0.0834. The largest absolute Gasteiger partial charge is 0.363 e. The van der Waals surface area contributed by atoms with Gasteiger partial charge in [0.25, 0.3) is 0 Å². The molecule has 0 fully saturated rings. The number of likely N-dealkylation sites (N-methyl/N-ethyl adjacent to an activating group) is 1. The molecule has 0 radical (unpaired) electrons. The Morgan fingerprint density at radius 2 is 1.69 bits per heavy atom. The average Bonchev–Trinajstić information content (AvgIpc) is 2.03. The second-order valence-corrected chi connectivity index (χ2v) is 3.49. The Kier molecular flexibility index (Phi) is 7.92. The lowest BCUT2D eigenvalue weighted by atomic mass is 10.2. The Hall–Kier alpha value is -0.570. The highest BCUT2D eigenvalue weighted by atomic mass is 16.5. The van der Waals surface area contributed by atoms with E-state index in [-0.39, 0.29) is 17.6 Å². The molecule has 1 unspecified atom stereocenters. The molecule has 0 aliphatic rings. The van der Waals surface area contributed by atoms with Gasteiger partial charge >= 0.3 is 0 Å². The van der Waals surface area contributed by atoms with Crippen LogP contribution >= 0.6 is 0 Å². The van der Waals surface area contributed by atoms with E-state index in [9.17, 15) is 4.79 Å². The van der Waals surface area contributed by atoms with E-state index in [2.05, 4.69) is 5.32 Å². The fourth-order valence-corrected chi connectivity index (χ4v) is 0.787. The second kappa shape index (κ2) is 6.89. The van der Waals surface area contributed by atoms with Crippen molar-refractivity contribution in [2.75, 3.05) is 7.05 Å². The van der Waals surface area contributed by atoms with Crippen LogP contribution < -0.4 is 5.32 Å². The Bertz CT molecular complexity index is 138. The maximum atomic E-state index is 11.0. The molecule has 0 aliphatic carbocycles. The summed E-state index contributed by atoms with van der Waals surface area (Å²) in [6, 6.07) is 0. The van der Waals surface area contributed by atoms with Crippen molar-refractivity contribution < 1.29 is 9.53 Å². The molecule has 1 N–H and O–H groups in total. The van der Waals surface area contributed by atoms with Crippen molar-refractivity contribution in [3.8, 4) is 0 Å². The zero-order valence-corrected chi connectivity index (χ0v) is 9.89. The van der Waals surface area contributed by atoms with Crippen molar-refractivity contribution in [3.63, 3.8) is 0 Å². The first-order chi connectivity index (χ1) is 5.87. The molecular weight excluding hydrogens is 166 g/mol. The minimum Gasteiger partial charge on any atom is -0.363 e. The van der Waals surface area contributed by atoms with Crippen LogP contribution in [0.3, 0.4) is 0 Å². The van der Waals surface area contributed by atoms with E-state index >= 15 is 0 Å². The molecule has 0 aliphatic heterocycles. The molecule has 0 spiro atoms. The molecule has 3 nitrogen and oxygen atoms in total. The third-order valence-corrected chi connectivity index (χ3v) is 1.15. The molecule has 0 bridgehead atoms. The third-order valence-electron chi connectivity index (χ3n) is 1.15. The van der Waals surface area contributed by atoms with Crippen LogP contribution in [0.4, 0.5) is 0 Å². The van der Waals surface area contributed by atoms with E-state index in [1.807, 2.05) is 34.6 Å². The summed E-state index contributed by atoms with van der Waals surface area (Å²) in [4.78, 5) is 11.0. The molecular formula is C10H23NO2. The first-order valence-electron chi connectivity index (χ1n) is 4.76. The molecule has 0 saturated carbocycles. The van der Waals surface area contributed by atoms with Gasteiger partial charge in [0.2, 0.25) is 5.91 Å². The molecule has 0 rings (SSSR count). The summed E-state index contributed by atoms with van der Waals surface area (Å²) in [6.45, 7) is 11.5. The Balaban J connectivity index is 0. The van der Waals surface area contributed by atoms with Crippen molar-refractivity contribution in [1.82, 2.24) is 5.32 Å². The van der Waals surface area contributed by atoms with Gasteiger partial charge in [-0.15, -0.1) is 0 Å².